The predicted molar refractivity (Wildman–Crippen MR) is 121 cm³/mol. The minimum atomic E-state index is -0.493. The zero-order chi connectivity index (χ0) is 22.1. The van der Waals surface area contributed by atoms with Crippen LogP contribution in [0.15, 0.2) is 36.5 Å². The number of ether oxygens (including phenoxy) is 1. The van der Waals surface area contributed by atoms with Crippen LogP contribution in [0.2, 0.25) is 0 Å². The smallest absolute Gasteiger partial charge is 0.306 e. The van der Waals surface area contributed by atoms with Gasteiger partial charge in [-0.3, -0.25) is 4.79 Å². The Bertz CT molecular complexity index is 1240. The molecule has 3 aromatic heterocycles. The van der Waals surface area contributed by atoms with Crippen LogP contribution < -0.4 is 4.90 Å². The van der Waals surface area contributed by atoms with Crippen molar-refractivity contribution < 1.29 is 9.53 Å². The zero-order valence-electron chi connectivity index (χ0n) is 17.9. The van der Waals surface area contributed by atoms with E-state index in [-0.39, 0.29) is 5.97 Å². The molecule has 4 aromatic rings. The highest BCUT2D eigenvalue weighted by atomic mass is 32.1. The van der Waals surface area contributed by atoms with E-state index >= 15 is 0 Å². The van der Waals surface area contributed by atoms with Gasteiger partial charge in [0.2, 0.25) is 0 Å². The zero-order valence-corrected chi connectivity index (χ0v) is 18.7. The molecule has 0 amide bonds. The average molecular weight is 450 g/mol. The van der Waals surface area contributed by atoms with Crippen molar-refractivity contribution in [1.82, 2.24) is 29.7 Å². The number of hydrogen-bond acceptors (Lipinski definition) is 9. The van der Waals surface area contributed by atoms with Crippen LogP contribution in [0, 0.1) is 0 Å². The maximum atomic E-state index is 11.8. The normalized spacial score (nSPS) is 14.4. The number of carbonyl (C=O) groups is 1. The monoisotopic (exact) mass is 449 g/mol. The van der Waals surface area contributed by atoms with E-state index in [1.54, 1.807) is 24.5 Å². The molecule has 0 aliphatic carbocycles. The number of anilines is 1. The Morgan fingerprint density at radius 3 is 2.91 bits per heavy atom. The summed E-state index contributed by atoms with van der Waals surface area (Å²) in [7, 11) is 0. The Morgan fingerprint density at radius 2 is 2.06 bits per heavy atom. The van der Waals surface area contributed by atoms with E-state index in [4.69, 9.17) is 9.72 Å². The summed E-state index contributed by atoms with van der Waals surface area (Å²) in [6.07, 6.45) is 2.35. The van der Waals surface area contributed by atoms with Gasteiger partial charge in [0.1, 0.15) is 5.82 Å². The molecule has 4 heterocycles. The van der Waals surface area contributed by atoms with Gasteiger partial charge in [-0.2, -0.15) is 0 Å². The lowest BCUT2D eigenvalue weighted by molar-refractivity contribution is -0.149. The molecule has 1 aliphatic rings. The third-order valence-corrected chi connectivity index (χ3v) is 6.38. The van der Waals surface area contributed by atoms with E-state index in [0.717, 1.165) is 52.2 Å². The van der Waals surface area contributed by atoms with Crippen LogP contribution in [0.1, 0.15) is 44.4 Å². The van der Waals surface area contributed by atoms with Gasteiger partial charge in [-0.15, -0.1) is 21.5 Å². The summed E-state index contributed by atoms with van der Waals surface area (Å²) in [5, 5.41) is 9.73. The van der Waals surface area contributed by atoms with E-state index in [1.165, 1.54) is 0 Å². The molecule has 0 fully saturated rings. The molecule has 1 unspecified atom stereocenters. The van der Waals surface area contributed by atoms with Gasteiger partial charge < -0.3 is 14.2 Å². The number of nitrogens with zero attached hydrogens (tertiary/aromatic N) is 7. The first-order valence-corrected chi connectivity index (χ1v) is 11.5. The number of thiazole rings is 1. The molecule has 1 aliphatic heterocycles. The number of benzene rings is 1. The molecule has 10 heteroatoms. The van der Waals surface area contributed by atoms with Crippen molar-refractivity contribution in [3.63, 3.8) is 0 Å². The van der Waals surface area contributed by atoms with Gasteiger partial charge in [0.15, 0.2) is 28.6 Å². The first kappa shape index (κ1) is 20.5. The molecule has 32 heavy (non-hydrogen) atoms. The third kappa shape index (κ3) is 3.93. The first-order chi connectivity index (χ1) is 15.6. The summed E-state index contributed by atoms with van der Waals surface area (Å²) in [4.78, 5) is 27.6. The predicted octanol–water partition coefficient (Wildman–Crippen LogP) is 3.77. The van der Waals surface area contributed by atoms with Crippen LogP contribution in [0.5, 0.6) is 0 Å². The standard InChI is InChI=1S/C22H23N7O2S/c1-3-6-19(30)31-14(2)20-23-10-9-17(25-20)28-11-12-29-18(13-28)26-27-21(29)22-24-15-7-4-5-8-16(15)32-22/h4-5,7-10,14H,3,6,11-13H2,1-2H3. The van der Waals surface area contributed by atoms with Gasteiger partial charge in [0.05, 0.1) is 16.8 Å². The number of aromatic nitrogens is 6. The van der Waals surface area contributed by atoms with E-state index in [0.29, 0.717) is 18.8 Å². The maximum absolute atomic E-state index is 11.8. The Kier molecular flexibility index (Phi) is 5.52. The largest absolute Gasteiger partial charge is 0.454 e. The molecule has 5 rings (SSSR count). The summed E-state index contributed by atoms with van der Waals surface area (Å²) >= 11 is 1.63. The van der Waals surface area contributed by atoms with Gasteiger partial charge in [0, 0.05) is 25.7 Å². The number of fused-ring (bicyclic) bond motifs is 2. The summed E-state index contributed by atoms with van der Waals surface area (Å²) < 4.78 is 8.71. The van der Waals surface area contributed by atoms with Crippen LogP contribution in [0.25, 0.3) is 21.0 Å². The lowest BCUT2D eigenvalue weighted by atomic mass is 10.3. The highest BCUT2D eigenvalue weighted by Gasteiger charge is 2.25. The van der Waals surface area contributed by atoms with Crippen molar-refractivity contribution in [2.24, 2.45) is 0 Å². The van der Waals surface area contributed by atoms with Crippen LogP contribution in [0.3, 0.4) is 0 Å². The van der Waals surface area contributed by atoms with Crippen molar-refractivity contribution in [2.45, 2.75) is 45.9 Å². The van der Waals surface area contributed by atoms with Gasteiger partial charge in [-0.25, -0.2) is 15.0 Å². The van der Waals surface area contributed by atoms with Crippen molar-refractivity contribution >= 4 is 33.3 Å². The second kappa shape index (κ2) is 8.62. The fourth-order valence-electron chi connectivity index (χ4n) is 3.73. The molecular weight excluding hydrogens is 426 g/mol. The molecule has 1 aromatic carbocycles. The number of hydrogen-bond donors (Lipinski definition) is 0. The van der Waals surface area contributed by atoms with Gasteiger partial charge in [0.25, 0.3) is 0 Å². The Hall–Kier alpha value is -3.40. The molecule has 9 nitrogen and oxygen atoms in total. The number of carbonyl (C=O) groups excluding carboxylic acids is 1. The van der Waals surface area contributed by atoms with Crippen LogP contribution in [0.4, 0.5) is 5.82 Å². The lowest BCUT2D eigenvalue weighted by Gasteiger charge is -2.28. The van der Waals surface area contributed by atoms with Crippen LogP contribution in [-0.4, -0.2) is 42.2 Å². The highest BCUT2D eigenvalue weighted by molar-refractivity contribution is 7.21. The van der Waals surface area contributed by atoms with Crippen molar-refractivity contribution in [3.8, 4) is 10.8 Å². The van der Waals surface area contributed by atoms with E-state index in [9.17, 15) is 4.79 Å². The second-order valence-corrected chi connectivity index (χ2v) is 8.69. The first-order valence-electron chi connectivity index (χ1n) is 10.7. The SMILES string of the molecule is CCCC(=O)OC(C)c1nccc(N2CCn3c(nnc3-c3nc4ccccc4s3)C2)n1. The fourth-order valence-corrected chi connectivity index (χ4v) is 4.69. The molecule has 0 N–H and O–H groups in total. The molecular formula is C22H23N7O2S. The molecule has 0 spiro atoms. The molecule has 164 valence electrons. The average Bonchev–Trinajstić information content (AvgIpc) is 3.42. The van der Waals surface area contributed by atoms with Gasteiger partial charge in [-0.05, 0) is 31.5 Å². The minimum absolute atomic E-state index is 0.234. The summed E-state index contributed by atoms with van der Waals surface area (Å²) in [5.74, 6) is 2.72. The third-order valence-electron chi connectivity index (χ3n) is 5.35. The second-order valence-electron chi connectivity index (χ2n) is 7.65. The quantitative estimate of drug-likeness (QED) is 0.410. The van der Waals surface area contributed by atoms with Crippen molar-refractivity contribution in [3.05, 3.63) is 48.2 Å². The number of para-hydroxylation sites is 1. The van der Waals surface area contributed by atoms with Gasteiger partial charge in [-0.1, -0.05) is 19.1 Å². The highest BCUT2D eigenvalue weighted by Crippen LogP contribution is 2.31. The van der Waals surface area contributed by atoms with E-state index in [1.807, 2.05) is 31.2 Å². The maximum Gasteiger partial charge on any atom is 0.306 e. The van der Waals surface area contributed by atoms with Crippen LogP contribution in [-0.2, 0) is 22.6 Å². The fraction of sp³-hybridized carbons (Fsp3) is 0.364. The lowest BCUT2D eigenvalue weighted by Crippen LogP contribution is -2.34. The van der Waals surface area contributed by atoms with E-state index in [2.05, 4.69) is 35.7 Å². The van der Waals surface area contributed by atoms with E-state index < -0.39 is 6.10 Å². The van der Waals surface area contributed by atoms with Crippen molar-refractivity contribution in [2.75, 3.05) is 11.4 Å². The molecule has 0 saturated carbocycles. The minimum Gasteiger partial charge on any atom is -0.454 e. The summed E-state index contributed by atoms with van der Waals surface area (Å²) in [6, 6.07) is 9.95. The number of esters is 1. The van der Waals surface area contributed by atoms with Gasteiger partial charge >= 0.3 is 5.97 Å². The Labute approximate surface area is 189 Å². The molecule has 0 saturated heterocycles. The van der Waals surface area contributed by atoms with Crippen molar-refractivity contribution in [1.29, 1.82) is 0 Å². The Balaban J connectivity index is 1.35. The summed E-state index contributed by atoms with van der Waals surface area (Å²) in [5.41, 5.74) is 0.976. The Morgan fingerprint density at radius 1 is 1.19 bits per heavy atom. The van der Waals surface area contributed by atoms with Crippen LogP contribution >= 0.6 is 11.3 Å². The molecule has 0 bridgehead atoms. The summed E-state index contributed by atoms with van der Waals surface area (Å²) in [6.45, 7) is 5.81. The molecule has 0 radical (unpaired) electrons. The molecule has 1 atom stereocenters. The number of rotatable bonds is 6. The topological polar surface area (TPSA) is 98.9 Å².